The number of carbonyl (C=O) groups is 1. The van der Waals surface area contributed by atoms with Gasteiger partial charge in [0.2, 0.25) is 0 Å². The lowest BCUT2D eigenvalue weighted by atomic mass is 9.73. The Labute approximate surface area is 136 Å². The molecule has 1 aliphatic heterocycles. The molecule has 2 aliphatic rings. The highest BCUT2D eigenvalue weighted by molar-refractivity contribution is 6.05. The number of carbonyl (C=O) groups excluding carboxylic acids is 1. The van der Waals surface area contributed by atoms with Gasteiger partial charge in [-0.2, -0.15) is 10.2 Å². The molecular weight excluding hydrogens is 284 g/mol. The van der Waals surface area contributed by atoms with Gasteiger partial charge >= 0.3 is 0 Å². The average molecular weight is 304 g/mol. The quantitative estimate of drug-likeness (QED) is 0.764. The molecule has 4 rings (SSSR count). The van der Waals surface area contributed by atoms with E-state index >= 15 is 0 Å². The number of aryl methyl sites for hydroxylation is 2. The van der Waals surface area contributed by atoms with Crippen molar-refractivity contribution >= 4 is 5.78 Å². The Balaban J connectivity index is 1.84. The molecule has 3 nitrogen and oxygen atoms in total. The molecule has 1 heterocycles. The topological polar surface area (TPSA) is 41.8 Å². The fraction of sp³-hybridized carbons (Fsp3) is 0.350. The van der Waals surface area contributed by atoms with Gasteiger partial charge < -0.3 is 0 Å². The molecule has 2 aromatic rings. The number of fused-ring (bicyclic) bond motifs is 1. The Morgan fingerprint density at radius 1 is 1.09 bits per heavy atom. The first-order valence-corrected chi connectivity index (χ1v) is 8.29. The van der Waals surface area contributed by atoms with E-state index in [1.807, 2.05) is 30.3 Å². The molecule has 1 unspecified atom stereocenters. The van der Waals surface area contributed by atoms with Gasteiger partial charge in [-0.25, -0.2) is 0 Å². The molecule has 0 saturated heterocycles. The second kappa shape index (κ2) is 5.41. The summed E-state index contributed by atoms with van der Waals surface area (Å²) in [5.74, 6) is 0.211. The Morgan fingerprint density at radius 3 is 2.74 bits per heavy atom. The maximum Gasteiger partial charge on any atom is 0.193 e. The highest BCUT2D eigenvalue weighted by Crippen LogP contribution is 2.45. The summed E-state index contributed by atoms with van der Waals surface area (Å²) in [7, 11) is 0. The second-order valence-corrected chi connectivity index (χ2v) is 6.60. The van der Waals surface area contributed by atoms with Crippen molar-refractivity contribution < 1.29 is 4.79 Å². The molecule has 1 aliphatic carbocycles. The number of benzene rings is 2. The number of Topliss-reactive ketones (excluding diaryl/α,β-unsaturated/α-hetero) is 1. The number of hydrogen-bond acceptors (Lipinski definition) is 3. The number of ketones is 1. The Hall–Kier alpha value is -2.29. The van der Waals surface area contributed by atoms with Crippen molar-refractivity contribution in [2.45, 2.75) is 37.6 Å². The van der Waals surface area contributed by atoms with E-state index in [0.717, 1.165) is 30.4 Å². The van der Waals surface area contributed by atoms with Gasteiger partial charge in [0.1, 0.15) is 0 Å². The van der Waals surface area contributed by atoms with Gasteiger partial charge in [-0.05, 0) is 42.9 Å². The van der Waals surface area contributed by atoms with Crippen molar-refractivity contribution in [3.05, 3.63) is 70.8 Å². The summed E-state index contributed by atoms with van der Waals surface area (Å²) < 4.78 is 0. The molecule has 2 atom stereocenters. The normalized spacial score (nSPS) is 26.3. The minimum atomic E-state index is -0.710. The molecule has 0 radical (unpaired) electrons. The molecular formula is C20H20N2O. The van der Waals surface area contributed by atoms with Crippen LogP contribution in [0, 0.1) is 6.92 Å². The van der Waals surface area contributed by atoms with Crippen LogP contribution in [0.25, 0.3) is 0 Å². The number of hydrogen-bond donors (Lipinski definition) is 0. The molecule has 3 heteroatoms. The molecule has 116 valence electrons. The number of rotatable bonds is 1. The van der Waals surface area contributed by atoms with Crippen molar-refractivity contribution in [3.8, 4) is 0 Å². The lowest BCUT2D eigenvalue weighted by Gasteiger charge is -2.30. The van der Waals surface area contributed by atoms with E-state index < -0.39 is 5.54 Å². The molecule has 0 bridgehead atoms. The summed E-state index contributed by atoms with van der Waals surface area (Å²) >= 11 is 0. The largest absolute Gasteiger partial charge is 0.291 e. The van der Waals surface area contributed by atoms with Gasteiger partial charge in [-0.1, -0.05) is 48.5 Å². The summed E-state index contributed by atoms with van der Waals surface area (Å²) in [6.45, 7) is 2.72. The van der Waals surface area contributed by atoms with Crippen LogP contribution < -0.4 is 0 Å². The van der Waals surface area contributed by atoms with Crippen LogP contribution >= 0.6 is 0 Å². The van der Waals surface area contributed by atoms with Gasteiger partial charge in [0, 0.05) is 11.5 Å². The van der Waals surface area contributed by atoms with Crippen LogP contribution in [0.4, 0.5) is 0 Å². The average Bonchev–Trinajstić information content (AvgIpc) is 2.93. The molecule has 0 amide bonds. The maximum absolute atomic E-state index is 13.4. The molecule has 2 aromatic carbocycles. The van der Waals surface area contributed by atoms with Crippen LogP contribution in [0.1, 0.15) is 45.8 Å². The zero-order chi connectivity index (χ0) is 15.9. The van der Waals surface area contributed by atoms with E-state index in [9.17, 15) is 4.79 Å². The third-order valence-corrected chi connectivity index (χ3v) is 5.31. The monoisotopic (exact) mass is 304 g/mol. The third kappa shape index (κ3) is 2.14. The third-order valence-electron chi connectivity index (χ3n) is 5.31. The van der Waals surface area contributed by atoms with Gasteiger partial charge in [-0.15, -0.1) is 0 Å². The van der Waals surface area contributed by atoms with E-state index in [-0.39, 0.29) is 11.7 Å². The zero-order valence-corrected chi connectivity index (χ0v) is 13.3. The van der Waals surface area contributed by atoms with Crippen LogP contribution in [0.15, 0.2) is 58.8 Å². The Morgan fingerprint density at radius 2 is 1.87 bits per heavy atom. The van der Waals surface area contributed by atoms with E-state index in [4.69, 9.17) is 0 Å². The van der Waals surface area contributed by atoms with E-state index in [0.29, 0.717) is 6.54 Å². The van der Waals surface area contributed by atoms with Crippen molar-refractivity contribution in [2.75, 3.05) is 6.54 Å². The minimum absolute atomic E-state index is 0.0577. The van der Waals surface area contributed by atoms with E-state index in [1.54, 1.807) is 0 Å². The fourth-order valence-electron chi connectivity index (χ4n) is 4.09. The number of nitrogens with zero attached hydrogens (tertiary/aromatic N) is 2. The first-order chi connectivity index (χ1) is 11.2. The predicted molar refractivity (Wildman–Crippen MR) is 90.1 cm³/mol. The summed E-state index contributed by atoms with van der Waals surface area (Å²) in [6, 6.07) is 16.3. The molecule has 0 saturated carbocycles. The zero-order valence-electron chi connectivity index (χ0n) is 13.3. The highest BCUT2D eigenvalue weighted by Gasteiger charge is 2.51. The highest BCUT2D eigenvalue weighted by atomic mass is 16.1. The van der Waals surface area contributed by atoms with Crippen LogP contribution in [0.2, 0.25) is 0 Å². The van der Waals surface area contributed by atoms with Crippen molar-refractivity contribution in [2.24, 2.45) is 10.2 Å². The summed E-state index contributed by atoms with van der Waals surface area (Å²) in [6.07, 6.45) is 2.70. The van der Waals surface area contributed by atoms with Gasteiger partial charge in [-0.3, -0.25) is 4.79 Å². The van der Waals surface area contributed by atoms with Crippen LogP contribution in [-0.2, 0) is 6.42 Å². The standard InChI is InChI=1S/C20H20N2O/c1-14-7-2-4-10-16(14)18-13-21-22-20(18)12-6-9-15-8-3-5-11-17(15)19(20)23/h2-5,7-8,10-11,18H,6,9,12-13H2,1H3/t18-,20?/m0/s1. The minimum Gasteiger partial charge on any atom is -0.291 e. The first-order valence-electron chi connectivity index (χ1n) is 8.29. The molecule has 23 heavy (non-hydrogen) atoms. The van der Waals surface area contributed by atoms with Gasteiger partial charge in [0.15, 0.2) is 11.3 Å². The van der Waals surface area contributed by atoms with E-state index in [1.165, 1.54) is 11.1 Å². The Kier molecular flexibility index (Phi) is 3.37. The molecule has 1 spiro atoms. The SMILES string of the molecule is Cc1ccccc1[C@@H]1CN=NC12CCCc1ccccc1C2=O. The fourth-order valence-corrected chi connectivity index (χ4v) is 4.09. The van der Waals surface area contributed by atoms with Gasteiger partial charge in [0.05, 0.1) is 6.54 Å². The summed E-state index contributed by atoms with van der Waals surface area (Å²) in [4.78, 5) is 13.4. The van der Waals surface area contributed by atoms with E-state index in [2.05, 4.69) is 35.4 Å². The second-order valence-electron chi connectivity index (χ2n) is 6.60. The number of azo groups is 1. The molecule has 0 fully saturated rings. The Bertz CT molecular complexity index is 796. The lowest BCUT2D eigenvalue weighted by molar-refractivity contribution is 0.0870. The van der Waals surface area contributed by atoms with Crippen LogP contribution in [-0.4, -0.2) is 17.9 Å². The van der Waals surface area contributed by atoms with Crippen molar-refractivity contribution in [1.29, 1.82) is 0 Å². The summed E-state index contributed by atoms with van der Waals surface area (Å²) in [5, 5.41) is 8.87. The molecule has 0 N–H and O–H groups in total. The van der Waals surface area contributed by atoms with Crippen LogP contribution in [0.3, 0.4) is 0 Å². The lowest BCUT2D eigenvalue weighted by Crippen LogP contribution is -2.41. The maximum atomic E-state index is 13.4. The smallest absolute Gasteiger partial charge is 0.193 e. The van der Waals surface area contributed by atoms with Crippen molar-refractivity contribution in [3.63, 3.8) is 0 Å². The molecule has 0 aromatic heterocycles. The van der Waals surface area contributed by atoms with Crippen LogP contribution in [0.5, 0.6) is 0 Å². The van der Waals surface area contributed by atoms with Gasteiger partial charge in [0.25, 0.3) is 0 Å². The summed E-state index contributed by atoms with van der Waals surface area (Å²) in [5.41, 5.74) is 3.71. The van der Waals surface area contributed by atoms with Crippen molar-refractivity contribution in [1.82, 2.24) is 0 Å². The first kappa shape index (κ1) is 14.3. The predicted octanol–water partition coefficient (Wildman–Crippen LogP) is 4.50.